The molecule has 1 saturated carbocycles. The molecule has 3 nitrogen and oxygen atoms in total. The summed E-state index contributed by atoms with van der Waals surface area (Å²) in [6.45, 7) is 1.31. The van der Waals surface area contributed by atoms with Crippen LogP contribution in [-0.2, 0) is 4.79 Å². The number of rotatable bonds is 6. The third kappa shape index (κ3) is 3.56. The van der Waals surface area contributed by atoms with Crippen LogP contribution in [-0.4, -0.2) is 19.0 Å². The first kappa shape index (κ1) is 12.1. The van der Waals surface area contributed by atoms with Gasteiger partial charge in [-0.05, 0) is 31.2 Å². The van der Waals surface area contributed by atoms with E-state index < -0.39 is 0 Å². The summed E-state index contributed by atoms with van der Waals surface area (Å²) in [5.41, 5.74) is 5.79. The topological polar surface area (TPSA) is 55.1 Å². The Balaban J connectivity index is 2.15. The number of nitrogens with one attached hydrogen (secondary N) is 1. The normalized spacial score (nSPS) is 17.6. The third-order valence-electron chi connectivity index (χ3n) is 3.20. The fourth-order valence-electron chi connectivity index (χ4n) is 1.95. The van der Waals surface area contributed by atoms with E-state index in [1.54, 1.807) is 0 Å². The fraction of sp³-hybridized carbons (Fsp3) is 0.750. The van der Waals surface area contributed by atoms with Crippen molar-refractivity contribution in [2.24, 2.45) is 11.1 Å². The lowest BCUT2D eigenvalue weighted by Gasteiger charge is -2.40. The van der Waals surface area contributed by atoms with Gasteiger partial charge in [-0.3, -0.25) is 4.79 Å². The number of carbonyl (C=O) groups excluding carboxylic acids is 1. The molecule has 0 bridgehead atoms. The molecule has 0 unspecified atom stereocenters. The maximum absolute atomic E-state index is 11.6. The van der Waals surface area contributed by atoms with E-state index in [0.29, 0.717) is 19.5 Å². The maximum Gasteiger partial charge on any atom is 0.220 e. The maximum atomic E-state index is 11.6. The number of nitrogens with two attached hydrogens (primary N) is 1. The van der Waals surface area contributed by atoms with Crippen LogP contribution in [0.25, 0.3) is 0 Å². The van der Waals surface area contributed by atoms with Gasteiger partial charge in [-0.1, -0.05) is 6.42 Å². The van der Waals surface area contributed by atoms with Crippen molar-refractivity contribution in [2.75, 3.05) is 13.1 Å². The summed E-state index contributed by atoms with van der Waals surface area (Å²) in [4.78, 5) is 11.6. The van der Waals surface area contributed by atoms with E-state index in [0.717, 1.165) is 25.7 Å². The highest BCUT2D eigenvalue weighted by atomic mass is 16.1. The van der Waals surface area contributed by atoms with Gasteiger partial charge in [-0.25, -0.2) is 0 Å². The molecule has 1 aliphatic rings. The molecule has 0 spiro atoms. The van der Waals surface area contributed by atoms with Gasteiger partial charge in [0.1, 0.15) is 0 Å². The first-order valence-corrected chi connectivity index (χ1v) is 5.63. The van der Waals surface area contributed by atoms with Crippen molar-refractivity contribution in [2.45, 2.75) is 38.5 Å². The predicted octanol–water partition coefficient (Wildman–Crippen LogP) is 1.04. The minimum absolute atomic E-state index is 0.107. The highest BCUT2D eigenvalue weighted by Crippen LogP contribution is 2.42. The summed E-state index contributed by atoms with van der Waals surface area (Å²) in [5, 5.41) is 2.89. The van der Waals surface area contributed by atoms with Gasteiger partial charge in [-0.15, -0.1) is 12.3 Å². The van der Waals surface area contributed by atoms with Crippen molar-refractivity contribution < 1.29 is 4.79 Å². The van der Waals surface area contributed by atoms with Crippen LogP contribution in [0.5, 0.6) is 0 Å². The van der Waals surface area contributed by atoms with E-state index in [2.05, 4.69) is 11.2 Å². The van der Waals surface area contributed by atoms with E-state index in [1.807, 2.05) is 0 Å². The zero-order valence-electron chi connectivity index (χ0n) is 9.22. The summed E-state index contributed by atoms with van der Waals surface area (Å²) in [6, 6.07) is 0. The van der Waals surface area contributed by atoms with Gasteiger partial charge in [0.25, 0.3) is 0 Å². The van der Waals surface area contributed by atoms with E-state index in [9.17, 15) is 4.79 Å². The molecule has 0 radical (unpaired) electrons. The molecule has 1 rings (SSSR count). The molecule has 0 aromatic heterocycles. The Morgan fingerprint density at radius 3 is 2.73 bits per heavy atom. The van der Waals surface area contributed by atoms with Gasteiger partial charge in [0.2, 0.25) is 5.91 Å². The summed E-state index contributed by atoms with van der Waals surface area (Å²) in [7, 11) is 0. The zero-order valence-corrected chi connectivity index (χ0v) is 9.22. The molecule has 0 aromatic carbocycles. The number of hydrogen-bond acceptors (Lipinski definition) is 2. The van der Waals surface area contributed by atoms with Crippen LogP contribution < -0.4 is 11.1 Å². The highest BCUT2D eigenvalue weighted by molar-refractivity contribution is 5.76. The van der Waals surface area contributed by atoms with Gasteiger partial charge < -0.3 is 11.1 Å². The fourth-order valence-corrected chi connectivity index (χ4v) is 1.95. The lowest BCUT2D eigenvalue weighted by molar-refractivity contribution is -0.124. The molecule has 0 atom stereocenters. The smallest absolute Gasteiger partial charge is 0.220 e. The van der Waals surface area contributed by atoms with Gasteiger partial charge in [-0.2, -0.15) is 0 Å². The molecule has 1 fully saturated rings. The van der Waals surface area contributed by atoms with E-state index in [4.69, 9.17) is 12.2 Å². The minimum atomic E-state index is 0.107. The first-order chi connectivity index (χ1) is 7.22. The van der Waals surface area contributed by atoms with E-state index in [1.165, 1.54) is 6.42 Å². The minimum Gasteiger partial charge on any atom is -0.356 e. The molecule has 84 valence electrons. The number of unbranched alkanes of at least 4 members (excludes halogenated alkanes) is 1. The number of amides is 1. The van der Waals surface area contributed by atoms with Crippen LogP contribution in [0.3, 0.4) is 0 Å². The second-order valence-electron chi connectivity index (χ2n) is 4.39. The molecule has 0 aliphatic heterocycles. The molecular weight excluding hydrogens is 188 g/mol. The van der Waals surface area contributed by atoms with Gasteiger partial charge in [0.15, 0.2) is 0 Å². The second-order valence-corrected chi connectivity index (χ2v) is 4.39. The lowest BCUT2D eigenvalue weighted by Crippen LogP contribution is -2.42. The lowest BCUT2D eigenvalue weighted by atomic mass is 9.66. The Labute approximate surface area is 91.8 Å². The van der Waals surface area contributed by atoms with Gasteiger partial charge in [0.05, 0.1) is 0 Å². The average Bonchev–Trinajstić information content (AvgIpc) is 2.18. The van der Waals surface area contributed by atoms with E-state index >= 15 is 0 Å². The monoisotopic (exact) mass is 208 g/mol. The zero-order chi connectivity index (χ0) is 11.1. The summed E-state index contributed by atoms with van der Waals surface area (Å²) >= 11 is 0. The van der Waals surface area contributed by atoms with Crippen LogP contribution >= 0.6 is 0 Å². The Kier molecular flexibility index (Phi) is 4.64. The Hall–Kier alpha value is -1.01. The standard InChI is InChI=1S/C12H20N2O/c1-2-3-4-8-14-11(15)9-12(10-13)6-5-7-12/h1H,3-10,13H2,(H,14,15). The summed E-state index contributed by atoms with van der Waals surface area (Å²) in [6.07, 6.45) is 10.7. The van der Waals surface area contributed by atoms with Crippen LogP contribution in [0, 0.1) is 17.8 Å². The van der Waals surface area contributed by atoms with Crippen molar-refractivity contribution in [3.63, 3.8) is 0 Å². The summed E-state index contributed by atoms with van der Waals surface area (Å²) < 4.78 is 0. The van der Waals surface area contributed by atoms with Gasteiger partial charge >= 0.3 is 0 Å². The highest BCUT2D eigenvalue weighted by Gasteiger charge is 2.37. The largest absolute Gasteiger partial charge is 0.356 e. The van der Waals surface area contributed by atoms with Crippen LogP contribution in [0.15, 0.2) is 0 Å². The molecule has 15 heavy (non-hydrogen) atoms. The van der Waals surface area contributed by atoms with E-state index in [-0.39, 0.29) is 11.3 Å². The predicted molar refractivity (Wildman–Crippen MR) is 61.0 cm³/mol. The number of terminal acetylenes is 1. The molecule has 1 amide bonds. The van der Waals surface area contributed by atoms with Crippen molar-refractivity contribution in [3.8, 4) is 12.3 Å². The quantitative estimate of drug-likeness (QED) is 0.506. The van der Waals surface area contributed by atoms with Crippen molar-refractivity contribution in [1.29, 1.82) is 0 Å². The molecular formula is C12H20N2O. The molecule has 3 heteroatoms. The molecule has 3 N–H and O–H groups in total. The molecule has 1 aliphatic carbocycles. The van der Waals surface area contributed by atoms with Gasteiger partial charge in [0, 0.05) is 19.4 Å². The average molecular weight is 208 g/mol. The molecule has 0 heterocycles. The SMILES string of the molecule is C#CCCCNC(=O)CC1(CN)CCC1. The van der Waals surface area contributed by atoms with Crippen molar-refractivity contribution in [3.05, 3.63) is 0 Å². The Bertz CT molecular complexity index is 245. The third-order valence-corrected chi connectivity index (χ3v) is 3.20. The number of carbonyl (C=O) groups is 1. The first-order valence-electron chi connectivity index (χ1n) is 5.63. The van der Waals surface area contributed by atoms with Crippen molar-refractivity contribution in [1.82, 2.24) is 5.32 Å². The van der Waals surface area contributed by atoms with Crippen LogP contribution in [0.2, 0.25) is 0 Å². The Morgan fingerprint density at radius 2 is 2.27 bits per heavy atom. The summed E-state index contributed by atoms with van der Waals surface area (Å²) in [5.74, 6) is 2.67. The number of hydrogen-bond donors (Lipinski definition) is 2. The molecule has 0 saturated heterocycles. The van der Waals surface area contributed by atoms with Crippen LogP contribution in [0.1, 0.15) is 38.5 Å². The second kappa shape index (κ2) is 5.77. The molecule has 0 aromatic rings. The van der Waals surface area contributed by atoms with Crippen LogP contribution in [0.4, 0.5) is 0 Å². The Morgan fingerprint density at radius 1 is 1.53 bits per heavy atom. The van der Waals surface area contributed by atoms with Crippen molar-refractivity contribution >= 4 is 5.91 Å².